The maximum atomic E-state index is 10.6. The Labute approximate surface area is 85.5 Å². The Morgan fingerprint density at radius 2 is 2.07 bits per heavy atom. The van der Waals surface area contributed by atoms with Gasteiger partial charge in [-0.25, -0.2) is 9.78 Å². The first-order chi connectivity index (χ1) is 6.55. The normalized spacial score (nSPS) is 14.0. The summed E-state index contributed by atoms with van der Waals surface area (Å²) < 4.78 is 4.97. The molecule has 0 saturated carbocycles. The standard InChI is InChI=1S/C10H20O4/c1-5-6-7-9(8-11)13-14-10(2,3)12-4/h8-9H,5-7H2,1-4H3. The molecule has 1 atom stereocenters. The number of carbonyl (C=O) groups excluding carboxylic acids is 1. The maximum Gasteiger partial charge on any atom is 0.195 e. The van der Waals surface area contributed by atoms with E-state index in [1.807, 2.05) is 0 Å². The summed E-state index contributed by atoms with van der Waals surface area (Å²) in [5.41, 5.74) is 0. The number of unbranched alkanes of at least 4 members (excludes halogenated alkanes) is 1. The van der Waals surface area contributed by atoms with Crippen LogP contribution in [0.25, 0.3) is 0 Å². The van der Waals surface area contributed by atoms with E-state index in [0.29, 0.717) is 6.42 Å². The summed E-state index contributed by atoms with van der Waals surface area (Å²) in [4.78, 5) is 20.5. The Morgan fingerprint density at radius 1 is 1.43 bits per heavy atom. The maximum absolute atomic E-state index is 10.6. The average molecular weight is 204 g/mol. The zero-order valence-corrected chi connectivity index (χ0v) is 9.41. The molecule has 0 saturated heterocycles. The van der Waals surface area contributed by atoms with Crippen LogP contribution in [-0.2, 0) is 19.3 Å². The molecule has 0 N–H and O–H groups in total. The summed E-state index contributed by atoms with van der Waals surface area (Å²) in [6.07, 6.45) is 2.91. The summed E-state index contributed by atoms with van der Waals surface area (Å²) >= 11 is 0. The molecule has 0 aromatic rings. The van der Waals surface area contributed by atoms with Crippen LogP contribution in [0.3, 0.4) is 0 Å². The summed E-state index contributed by atoms with van der Waals surface area (Å²) in [5.74, 6) is -0.812. The largest absolute Gasteiger partial charge is 0.351 e. The van der Waals surface area contributed by atoms with Gasteiger partial charge in [-0.05, 0) is 20.3 Å². The lowest BCUT2D eigenvalue weighted by atomic mass is 10.2. The van der Waals surface area contributed by atoms with Gasteiger partial charge in [0.2, 0.25) is 0 Å². The zero-order chi connectivity index (χ0) is 11.0. The van der Waals surface area contributed by atoms with Gasteiger partial charge in [-0.2, -0.15) is 0 Å². The number of carbonyl (C=O) groups is 1. The highest BCUT2D eigenvalue weighted by Crippen LogP contribution is 2.12. The molecule has 0 heterocycles. The first-order valence-electron chi connectivity index (χ1n) is 4.90. The van der Waals surface area contributed by atoms with E-state index in [2.05, 4.69) is 6.92 Å². The van der Waals surface area contributed by atoms with Crippen LogP contribution >= 0.6 is 0 Å². The zero-order valence-electron chi connectivity index (χ0n) is 9.41. The lowest BCUT2D eigenvalue weighted by molar-refractivity contribution is -0.423. The van der Waals surface area contributed by atoms with Crippen molar-refractivity contribution in [3.63, 3.8) is 0 Å². The fourth-order valence-electron chi connectivity index (χ4n) is 0.756. The molecule has 0 radical (unpaired) electrons. The highest BCUT2D eigenvalue weighted by Gasteiger charge is 2.20. The highest BCUT2D eigenvalue weighted by atomic mass is 17.2. The van der Waals surface area contributed by atoms with Crippen LogP contribution in [0.15, 0.2) is 0 Å². The molecule has 0 aliphatic rings. The van der Waals surface area contributed by atoms with Gasteiger partial charge >= 0.3 is 0 Å². The second-order valence-electron chi connectivity index (χ2n) is 3.60. The molecule has 14 heavy (non-hydrogen) atoms. The van der Waals surface area contributed by atoms with Gasteiger partial charge in [0.15, 0.2) is 12.1 Å². The van der Waals surface area contributed by atoms with Crippen LogP contribution in [0.1, 0.15) is 40.0 Å². The monoisotopic (exact) mass is 204 g/mol. The Morgan fingerprint density at radius 3 is 2.50 bits per heavy atom. The van der Waals surface area contributed by atoms with Gasteiger partial charge in [0.05, 0.1) is 0 Å². The molecule has 0 rings (SSSR count). The summed E-state index contributed by atoms with van der Waals surface area (Å²) in [5, 5.41) is 0. The van der Waals surface area contributed by atoms with Crippen molar-refractivity contribution >= 4 is 6.29 Å². The van der Waals surface area contributed by atoms with Gasteiger partial charge in [0.1, 0.15) is 6.10 Å². The number of rotatable bonds is 8. The average Bonchev–Trinajstić information content (AvgIpc) is 2.18. The van der Waals surface area contributed by atoms with Crippen LogP contribution in [0, 0.1) is 0 Å². The Balaban J connectivity index is 3.77. The van der Waals surface area contributed by atoms with Gasteiger partial charge < -0.3 is 9.53 Å². The molecule has 0 fully saturated rings. The fourth-order valence-corrected chi connectivity index (χ4v) is 0.756. The highest BCUT2D eigenvalue weighted by molar-refractivity contribution is 5.55. The lowest BCUT2D eigenvalue weighted by Gasteiger charge is -2.23. The molecule has 4 heteroatoms. The first-order valence-corrected chi connectivity index (χ1v) is 4.90. The van der Waals surface area contributed by atoms with Crippen molar-refractivity contribution in [2.45, 2.75) is 51.9 Å². The van der Waals surface area contributed by atoms with Gasteiger partial charge in [0.25, 0.3) is 0 Å². The van der Waals surface area contributed by atoms with Crippen LogP contribution in [0.2, 0.25) is 0 Å². The van der Waals surface area contributed by atoms with Crippen molar-refractivity contribution in [2.75, 3.05) is 7.11 Å². The van der Waals surface area contributed by atoms with Crippen molar-refractivity contribution < 1.29 is 19.3 Å². The quantitative estimate of drug-likeness (QED) is 0.263. The number of hydrogen-bond acceptors (Lipinski definition) is 4. The Hall–Kier alpha value is -0.450. The molecule has 0 bridgehead atoms. The molecule has 0 aliphatic heterocycles. The molecular formula is C10H20O4. The number of hydrogen-bond donors (Lipinski definition) is 0. The van der Waals surface area contributed by atoms with Crippen molar-refractivity contribution in [1.29, 1.82) is 0 Å². The minimum atomic E-state index is -0.812. The molecule has 0 amide bonds. The van der Waals surface area contributed by atoms with Crippen molar-refractivity contribution in [2.24, 2.45) is 0 Å². The number of methoxy groups -OCH3 is 1. The summed E-state index contributed by atoms with van der Waals surface area (Å²) in [6, 6.07) is 0. The van der Waals surface area contributed by atoms with Crippen LogP contribution in [-0.4, -0.2) is 25.3 Å². The van der Waals surface area contributed by atoms with E-state index in [-0.39, 0.29) is 0 Å². The van der Waals surface area contributed by atoms with E-state index in [0.717, 1.165) is 19.1 Å². The van der Waals surface area contributed by atoms with E-state index >= 15 is 0 Å². The molecule has 1 unspecified atom stereocenters. The van der Waals surface area contributed by atoms with Gasteiger partial charge in [-0.3, -0.25) is 0 Å². The molecule has 0 spiro atoms. The van der Waals surface area contributed by atoms with Crippen LogP contribution in [0.5, 0.6) is 0 Å². The SMILES string of the molecule is CCCCC(C=O)OOC(C)(C)OC. The molecule has 0 aromatic carbocycles. The number of aldehydes is 1. The Kier molecular flexibility index (Phi) is 6.70. The molecule has 0 aliphatic carbocycles. The Bertz CT molecular complexity index is 156. The van der Waals surface area contributed by atoms with Crippen LogP contribution < -0.4 is 0 Å². The first kappa shape index (κ1) is 13.5. The fraction of sp³-hybridized carbons (Fsp3) is 0.900. The van der Waals surface area contributed by atoms with Crippen molar-refractivity contribution in [3.05, 3.63) is 0 Å². The molecule has 0 aromatic heterocycles. The van der Waals surface area contributed by atoms with Crippen LogP contribution in [0.4, 0.5) is 0 Å². The number of ether oxygens (including phenoxy) is 1. The molecule has 84 valence electrons. The van der Waals surface area contributed by atoms with E-state index in [4.69, 9.17) is 14.5 Å². The third-order valence-corrected chi connectivity index (χ3v) is 1.86. The summed E-state index contributed by atoms with van der Waals surface area (Å²) in [7, 11) is 1.52. The smallest absolute Gasteiger partial charge is 0.195 e. The van der Waals surface area contributed by atoms with Gasteiger partial charge in [-0.15, -0.1) is 0 Å². The van der Waals surface area contributed by atoms with Gasteiger partial charge in [0, 0.05) is 7.11 Å². The predicted molar refractivity (Wildman–Crippen MR) is 52.6 cm³/mol. The van der Waals surface area contributed by atoms with Crippen molar-refractivity contribution in [3.8, 4) is 0 Å². The lowest BCUT2D eigenvalue weighted by Crippen LogP contribution is -2.30. The summed E-state index contributed by atoms with van der Waals surface area (Å²) in [6.45, 7) is 5.49. The molecular weight excluding hydrogens is 184 g/mol. The third kappa shape index (κ3) is 6.07. The minimum Gasteiger partial charge on any atom is -0.351 e. The third-order valence-electron chi connectivity index (χ3n) is 1.86. The second kappa shape index (κ2) is 6.92. The predicted octanol–water partition coefficient (Wildman–Crippen LogP) is 2.07. The topological polar surface area (TPSA) is 44.8 Å². The van der Waals surface area contributed by atoms with E-state index in [9.17, 15) is 4.79 Å². The van der Waals surface area contributed by atoms with Crippen molar-refractivity contribution in [1.82, 2.24) is 0 Å². The molecule has 4 nitrogen and oxygen atoms in total. The van der Waals surface area contributed by atoms with Gasteiger partial charge in [-0.1, -0.05) is 19.8 Å². The van der Waals surface area contributed by atoms with E-state index in [1.54, 1.807) is 13.8 Å². The van der Waals surface area contributed by atoms with E-state index in [1.165, 1.54) is 7.11 Å². The van der Waals surface area contributed by atoms with E-state index < -0.39 is 11.9 Å². The second-order valence-corrected chi connectivity index (χ2v) is 3.60. The minimum absolute atomic E-state index is 0.496.